The van der Waals surface area contributed by atoms with Gasteiger partial charge in [-0.05, 0) is 12.0 Å². The summed E-state index contributed by atoms with van der Waals surface area (Å²) in [6.45, 7) is 0.337. The first kappa shape index (κ1) is 11.8. The van der Waals surface area contributed by atoms with E-state index < -0.39 is 5.97 Å². The van der Waals surface area contributed by atoms with Gasteiger partial charge in [-0.1, -0.05) is 30.3 Å². The Morgan fingerprint density at radius 2 is 2.06 bits per heavy atom. The van der Waals surface area contributed by atoms with Crippen molar-refractivity contribution in [1.82, 2.24) is 5.32 Å². The second-order valence-electron chi connectivity index (χ2n) is 4.27. The molecule has 4 heteroatoms. The maximum absolute atomic E-state index is 11.8. The number of nitrogens with one attached hydrogen (secondary N) is 1. The molecular weight excluding hydrogens is 218 g/mol. The Balaban J connectivity index is 2.12. The van der Waals surface area contributed by atoms with Crippen molar-refractivity contribution < 1.29 is 14.7 Å². The summed E-state index contributed by atoms with van der Waals surface area (Å²) in [4.78, 5) is 22.4. The van der Waals surface area contributed by atoms with Crippen LogP contribution < -0.4 is 5.32 Å². The van der Waals surface area contributed by atoms with Crippen molar-refractivity contribution in [2.24, 2.45) is 0 Å². The van der Waals surface area contributed by atoms with E-state index in [9.17, 15) is 9.59 Å². The van der Waals surface area contributed by atoms with E-state index in [1.165, 1.54) is 0 Å². The van der Waals surface area contributed by atoms with Crippen LogP contribution in [0.15, 0.2) is 30.3 Å². The molecule has 1 heterocycles. The lowest BCUT2D eigenvalue weighted by Crippen LogP contribution is -2.27. The van der Waals surface area contributed by atoms with Crippen LogP contribution in [0.3, 0.4) is 0 Å². The van der Waals surface area contributed by atoms with Gasteiger partial charge < -0.3 is 10.4 Å². The minimum atomic E-state index is -0.821. The molecule has 1 aliphatic heterocycles. The van der Waals surface area contributed by atoms with Gasteiger partial charge in [0.05, 0.1) is 12.5 Å². The summed E-state index contributed by atoms with van der Waals surface area (Å²) in [5.74, 6) is -0.875. The summed E-state index contributed by atoms with van der Waals surface area (Å²) < 4.78 is 0. The average molecular weight is 233 g/mol. The van der Waals surface area contributed by atoms with Gasteiger partial charge in [0.15, 0.2) is 5.78 Å². The molecule has 1 aromatic rings. The Morgan fingerprint density at radius 3 is 2.71 bits per heavy atom. The summed E-state index contributed by atoms with van der Waals surface area (Å²) in [6.07, 6.45) is 0.578. The monoisotopic (exact) mass is 233 g/mol. The number of ketones is 1. The first-order valence-electron chi connectivity index (χ1n) is 5.71. The van der Waals surface area contributed by atoms with Gasteiger partial charge in [0.25, 0.3) is 0 Å². The van der Waals surface area contributed by atoms with Gasteiger partial charge in [0.1, 0.15) is 0 Å². The lowest BCUT2D eigenvalue weighted by Gasteiger charge is -2.17. The third-order valence-electron chi connectivity index (χ3n) is 3.12. The summed E-state index contributed by atoms with van der Waals surface area (Å²) in [5.41, 5.74) is 0.970. The Labute approximate surface area is 99.6 Å². The Bertz CT molecular complexity index is 416. The summed E-state index contributed by atoms with van der Waals surface area (Å²) >= 11 is 0. The van der Waals surface area contributed by atoms with Crippen LogP contribution in [0.5, 0.6) is 0 Å². The normalized spacial score (nSPS) is 23.9. The molecule has 2 N–H and O–H groups in total. The van der Waals surface area contributed by atoms with Crippen molar-refractivity contribution in [2.75, 3.05) is 6.54 Å². The number of carbonyl (C=O) groups excluding carboxylic acids is 1. The predicted octanol–water partition coefficient (Wildman–Crippen LogP) is 1.18. The number of hydrogen-bond acceptors (Lipinski definition) is 3. The van der Waals surface area contributed by atoms with E-state index in [1.807, 2.05) is 30.3 Å². The van der Waals surface area contributed by atoms with E-state index in [0.717, 1.165) is 5.56 Å². The van der Waals surface area contributed by atoms with Gasteiger partial charge in [0, 0.05) is 12.5 Å². The van der Waals surface area contributed by atoms with Crippen LogP contribution in [-0.2, 0) is 9.59 Å². The number of Topliss-reactive ketones (excluding diaryl/α,β-unsaturated/α-hetero) is 1. The second kappa shape index (κ2) is 5.10. The molecule has 2 atom stereocenters. The second-order valence-corrected chi connectivity index (χ2v) is 4.27. The van der Waals surface area contributed by atoms with Crippen molar-refractivity contribution in [1.29, 1.82) is 0 Å². The molecule has 17 heavy (non-hydrogen) atoms. The third-order valence-corrected chi connectivity index (χ3v) is 3.12. The molecule has 0 bridgehead atoms. The van der Waals surface area contributed by atoms with Gasteiger partial charge in [-0.3, -0.25) is 9.59 Å². The fourth-order valence-electron chi connectivity index (χ4n) is 2.31. The Morgan fingerprint density at radius 1 is 1.35 bits per heavy atom. The van der Waals surface area contributed by atoms with Crippen molar-refractivity contribution in [3.63, 3.8) is 0 Å². The van der Waals surface area contributed by atoms with Crippen LogP contribution in [0.1, 0.15) is 24.3 Å². The molecule has 1 saturated heterocycles. The lowest BCUT2D eigenvalue weighted by atomic mass is 9.89. The van der Waals surface area contributed by atoms with E-state index in [4.69, 9.17) is 5.11 Å². The third kappa shape index (κ3) is 2.71. The first-order chi connectivity index (χ1) is 8.18. The van der Waals surface area contributed by atoms with E-state index in [-0.39, 0.29) is 24.2 Å². The van der Waals surface area contributed by atoms with Crippen LogP contribution in [0.25, 0.3) is 0 Å². The SMILES string of the molecule is O=C(O)CC[C@@H]1NCC(=O)C1c1ccccc1. The molecule has 90 valence electrons. The lowest BCUT2D eigenvalue weighted by molar-refractivity contribution is -0.137. The molecular formula is C13H15NO3. The molecule has 0 saturated carbocycles. The summed E-state index contributed by atoms with van der Waals surface area (Å²) in [6, 6.07) is 9.49. The molecule has 1 aromatic carbocycles. The van der Waals surface area contributed by atoms with Crippen molar-refractivity contribution in [3.8, 4) is 0 Å². The molecule has 4 nitrogen and oxygen atoms in total. The smallest absolute Gasteiger partial charge is 0.303 e. The highest BCUT2D eigenvalue weighted by atomic mass is 16.4. The number of carbonyl (C=O) groups is 2. The number of carboxylic acid groups (broad SMARTS) is 1. The van der Waals surface area contributed by atoms with Crippen LogP contribution in [-0.4, -0.2) is 29.4 Å². The molecule has 0 spiro atoms. The first-order valence-corrected chi connectivity index (χ1v) is 5.71. The Kier molecular flexibility index (Phi) is 3.54. The number of carboxylic acids is 1. The molecule has 0 amide bonds. The standard InChI is InChI=1S/C13H15NO3/c15-11-8-14-10(6-7-12(16)17)13(11)9-4-2-1-3-5-9/h1-5,10,13-14H,6-8H2,(H,16,17)/t10-,13?/m0/s1. The van der Waals surface area contributed by atoms with Gasteiger partial charge in [-0.2, -0.15) is 0 Å². The number of aliphatic carboxylic acids is 1. The van der Waals surface area contributed by atoms with Crippen molar-refractivity contribution in [3.05, 3.63) is 35.9 Å². The molecule has 0 aromatic heterocycles. The maximum atomic E-state index is 11.8. The fourth-order valence-corrected chi connectivity index (χ4v) is 2.31. The van der Waals surface area contributed by atoms with Crippen LogP contribution in [0.4, 0.5) is 0 Å². The quantitative estimate of drug-likeness (QED) is 0.819. The van der Waals surface area contributed by atoms with E-state index in [2.05, 4.69) is 5.32 Å². The molecule has 0 aliphatic carbocycles. The number of rotatable bonds is 4. The minimum Gasteiger partial charge on any atom is -0.481 e. The summed E-state index contributed by atoms with van der Waals surface area (Å²) in [7, 11) is 0. The molecule has 1 aliphatic rings. The van der Waals surface area contributed by atoms with Crippen molar-refractivity contribution in [2.45, 2.75) is 24.8 Å². The number of hydrogen-bond donors (Lipinski definition) is 2. The molecule has 1 fully saturated rings. The van der Waals surface area contributed by atoms with Crippen molar-refractivity contribution >= 4 is 11.8 Å². The highest BCUT2D eigenvalue weighted by molar-refractivity contribution is 5.90. The van der Waals surface area contributed by atoms with Gasteiger partial charge in [-0.25, -0.2) is 0 Å². The zero-order valence-electron chi connectivity index (χ0n) is 9.43. The zero-order valence-corrected chi connectivity index (χ0v) is 9.43. The van der Waals surface area contributed by atoms with Crippen LogP contribution >= 0.6 is 0 Å². The average Bonchev–Trinajstić information content (AvgIpc) is 2.69. The van der Waals surface area contributed by atoms with E-state index in [1.54, 1.807) is 0 Å². The van der Waals surface area contributed by atoms with Crippen LogP contribution in [0, 0.1) is 0 Å². The topological polar surface area (TPSA) is 66.4 Å². The predicted molar refractivity (Wildman–Crippen MR) is 62.9 cm³/mol. The van der Waals surface area contributed by atoms with Crippen LogP contribution in [0.2, 0.25) is 0 Å². The highest BCUT2D eigenvalue weighted by Crippen LogP contribution is 2.27. The van der Waals surface area contributed by atoms with Gasteiger partial charge in [0.2, 0.25) is 0 Å². The number of benzene rings is 1. The molecule has 1 unspecified atom stereocenters. The Hall–Kier alpha value is -1.68. The fraction of sp³-hybridized carbons (Fsp3) is 0.385. The van der Waals surface area contributed by atoms with Gasteiger partial charge >= 0.3 is 5.97 Å². The zero-order chi connectivity index (χ0) is 12.3. The van der Waals surface area contributed by atoms with E-state index in [0.29, 0.717) is 13.0 Å². The van der Waals surface area contributed by atoms with Gasteiger partial charge in [-0.15, -0.1) is 0 Å². The highest BCUT2D eigenvalue weighted by Gasteiger charge is 2.35. The largest absolute Gasteiger partial charge is 0.481 e. The van der Waals surface area contributed by atoms with E-state index >= 15 is 0 Å². The minimum absolute atomic E-state index is 0.0546. The molecule has 0 radical (unpaired) electrons. The summed E-state index contributed by atoms with van der Waals surface area (Å²) in [5, 5.41) is 11.8. The molecule has 2 rings (SSSR count). The maximum Gasteiger partial charge on any atom is 0.303 e.